The summed E-state index contributed by atoms with van der Waals surface area (Å²) in [6.07, 6.45) is 1.41. The Balaban J connectivity index is 2.13. The predicted molar refractivity (Wildman–Crippen MR) is 82.9 cm³/mol. The molecule has 0 radical (unpaired) electrons. The summed E-state index contributed by atoms with van der Waals surface area (Å²) in [4.78, 5) is 21.9. The van der Waals surface area contributed by atoms with E-state index in [1.807, 2.05) is 41.6 Å². The number of hydrogen-bond acceptors (Lipinski definition) is 5. The number of benzene rings is 1. The molecule has 3 aromatic rings. The smallest absolute Gasteiger partial charge is 0.339 e. The van der Waals surface area contributed by atoms with Crippen LogP contribution in [0.1, 0.15) is 16.1 Å². The topological polar surface area (TPSA) is 66.3 Å². The van der Waals surface area contributed by atoms with Crippen LogP contribution >= 0.6 is 11.3 Å². The fourth-order valence-corrected chi connectivity index (χ4v) is 2.88. The molecule has 0 saturated heterocycles. The number of para-hydroxylation sites is 1. The minimum atomic E-state index is -0.978. The lowest BCUT2D eigenvalue weighted by Gasteiger charge is -2.22. The van der Waals surface area contributed by atoms with Gasteiger partial charge in [0.2, 0.25) is 0 Å². The van der Waals surface area contributed by atoms with Crippen LogP contribution < -0.4 is 4.90 Å². The maximum Gasteiger partial charge on any atom is 0.339 e. The first-order valence-electron chi connectivity index (χ1n) is 6.36. The highest BCUT2D eigenvalue weighted by atomic mass is 32.1. The van der Waals surface area contributed by atoms with E-state index in [1.165, 1.54) is 17.5 Å². The molecule has 0 aliphatic heterocycles. The Labute approximate surface area is 125 Å². The average molecular weight is 299 g/mol. The Kier molecular flexibility index (Phi) is 3.53. The van der Waals surface area contributed by atoms with Gasteiger partial charge in [0.25, 0.3) is 0 Å². The van der Waals surface area contributed by atoms with E-state index in [9.17, 15) is 9.90 Å². The van der Waals surface area contributed by atoms with E-state index >= 15 is 0 Å². The van der Waals surface area contributed by atoms with Crippen molar-refractivity contribution in [3.8, 4) is 0 Å². The van der Waals surface area contributed by atoms with Crippen molar-refractivity contribution in [2.24, 2.45) is 0 Å². The number of nitrogens with zero attached hydrogens (tertiary/aromatic N) is 3. The van der Waals surface area contributed by atoms with Crippen molar-refractivity contribution in [1.29, 1.82) is 0 Å². The van der Waals surface area contributed by atoms with E-state index < -0.39 is 5.97 Å². The van der Waals surface area contributed by atoms with Crippen LogP contribution in [-0.2, 0) is 6.54 Å². The van der Waals surface area contributed by atoms with Gasteiger partial charge in [0.15, 0.2) is 0 Å². The number of rotatable bonds is 4. The molecule has 2 heterocycles. The summed E-state index contributed by atoms with van der Waals surface area (Å²) in [5.74, 6) is -0.978. The molecule has 2 aromatic heterocycles. The quantitative estimate of drug-likeness (QED) is 0.802. The zero-order chi connectivity index (χ0) is 14.8. The zero-order valence-electron chi connectivity index (χ0n) is 11.4. The number of aromatic carboxylic acids is 1. The second-order valence-electron chi connectivity index (χ2n) is 4.68. The molecule has 0 spiro atoms. The highest BCUT2D eigenvalue weighted by molar-refractivity contribution is 7.07. The number of anilines is 1. The first-order valence-corrected chi connectivity index (χ1v) is 7.30. The summed E-state index contributed by atoms with van der Waals surface area (Å²) in [5.41, 5.74) is 4.33. The molecular weight excluding hydrogens is 286 g/mol. The van der Waals surface area contributed by atoms with Gasteiger partial charge in [-0.1, -0.05) is 18.2 Å². The summed E-state index contributed by atoms with van der Waals surface area (Å²) in [6.45, 7) is 0.553. The van der Waals surface area contributed by atoms with Crippen molar-refractivity contribution in [2.45, 2.75) is 6.54 Å². The van der Waals surface area contributed by atoms with Crippen molar-refractivity contribution in [3.63, 3.8) is 0 Å². The van der Waals surface area contributed by atoms with Crippen LogP contribution in [0.2, 0.25) is 0 Å². The third kappa shape index (κ3) is 2.57. The normalized spacial score (nSPS) is 10.7. The Morgan fingerprint density at radius 2 is 2.14 bits per heavy atom. The summed E-state index contributed by atoms with van der Waals surface area (Å²) >= 11 is 1.52. The standard InChI is InChI=1S/C15H13N3O2S/c1-18(7-10-8-21-9-17-10)14-11-4-2-3-5-13(11)16-6-12(14)15(19)20/h2-6,8-9H,7H2,1H3,(H,19,20). The molecule has 0 unspecified atom stereocenters. The Hall–Kier alpha value is -2.47. The van der Waals surface area contributed by atoms with Gasteiger partial charge in [-0.2, -0.15) is 0 Å². The van der Waals surface area contributed by atoms with E-state index in [0.29, 0.717) is 12.2 Å². The fraction of sp³-hybridized carbons (Fsp3) is 0.133. The maximum absolute atomic E-state index is 11.5. The number of carboxylic acids is 1. The molecule has 21 heavy (non-hydrogen) atoms. The summed E-state index contributed by atoms with van der Waals surface area (Å²) in [6, 6.07) is 7.54. The number of aromatic nitrogens is 2. The molecule has 106 valence electrons. The SMILES string of the molecule is CN(Cc1cscn1)c1c(C(=O)O)cnc2ccccc12. The van der Waals surface area contributed by atoms with Gasteiger partial charge in [0, 0.05) is 24.0 Å². The average Bonchev–Trinajstić information content (AvgIpc) is 2.98. The Morgan fingerprint density at radius 3 is 2.86 bits per heavy atom. The third-order valence-corrected chi connectivity index (χ3v) is 3.88. The van der Waals surface area contributed by atoms with Crippen LogP contribution in [0.15, 0.2) is 41.4 Å². The molecule has 0 aliphatic carbocycles. The van der Waals surface area contributed by atoms with E-state index in [0.717, 1.165) is 16.6 Å². The third-order valence-electron chi connectivity index (χ3n) is 3.24. The van der Waals surface area contributed by atoms with Crippen molar-refractivity contribution in [2.75, 3.05) is 11.9 Å². The van der Waals surface area contributed by atoms with E-state index in [-0.39, 0.29) is 5.56 Å². The van der Waals surface area contributed by atoms with Gasteiger partial charge in [-0.05, 0) is 6.07 Å². The molecular formula is C15H13N3O2S. The molecule has 1 N–H and O–H groups in total. The Bertz CT molecular complexity index is 787. The van der Waals surface area contributed by atoms with Gasteiger partial charge in [-0.15, -0.1) is 11.3 Å². The maximum atomic E-state index is 11.5. The van der Waals surface area contributed by atoms with Gasteiger partial charge in [0.05, 0.1) is 29.0 Å². The summed E-state index contributed by atoms with van der Waals surface area (Å²) in [5, 5.41) is 12.2. The fourth-order valence-electron chi connectivity index (χ4n) is 2.33. The van der Waals surface area contributed by atoms with E-state index in [2.05, 4.69) is 9.97 Å². The first-order chi connectivity index (χ1) is 10.2. The van der Waals surface area contributed by atoms with Gasteiger partial charge in [0.1, 0.15) is 5.56 Å². The number of fused-ring (bicyclic) bond motifs is 1. The minimum Gasteiger partial charge on any atom is -0.478 e. The number of carboxylic acid groups (broad SMARTS) is 1. The molecule has 0 fully saturated rings. The van der Waals surface area contributed by atoms with Crippen LogP contribution in [0, 0.1) is 0 Å². The number of thiazole rings is 1. The van der Waals surface area contributed by atoms with Gasteiger partial charge in [-0.3, -0.25) is 4.98 Å². The minimum absolute atomic E-state index is 0.200. The lowest BCUT2D eigenvalue weighted by molar-refractivity contribution is 0.0697. The molecule has 0 amide bonds. The summed E-state index contributed by atoms with van der Waals surface area (Å²) < 4.78 is 0. The Morgan fingerprint density at radius 1 is 1.33 bits per heavy atom. The lowest BCUT2D eigenvalue weighted by atomic mass is 10.1. The molecule has 0 saturated carbocycles. The molecule has 6 heteroatoms. The second kappa shape index (κ2) is 5.49. The van der Waals surface area contributed by atoms with Crippen LogP contribution in [-0.4, -0.2) is 28.1 Å². The molecule has 3 rings (SSSR count). The van der Waals surface area contributed by atoms with Gasteiger partial charge < -0.3 is 10.0 Å². The van der Waals surface area contributed by atoms with Crippen molar-refractivity contribution in [1.82, 2.24) is 9.97 Å². The molecule has 0 aliphatic rings. The lowest BCUT2D eigenvalue weighted by Crippen LogP contribution is -2.20. The van der Waals surface area contributed by atoms with Crippen LogP contribution in [0.5, 0.6) is 0 Å². The monoisotopic (exact) mass is 299 g/mol. The van der Waals surface area contributed by atoms with Crippen LogP contribution in [0.3, 0.4) is 0 Å². The predicted octanol–water partition coefficient (Wildman–Crippen LogP) is 3.03. The highest BCUT2D eigenvalue weighted by Crippen LogP contribution is 2.29. The van der Waals surface area contributed by atoms with Gasteiger partial charge in [-0.25, -0.2) is 9.78 Å². The highest BCUT2D eigenvalue weighted by Gasteiger charge is 2.18. The summed E-state index contributed by atoms with van der Waals surface area (Å²) in [7, 11) is 1.87. The number of pyridine rings is 1. The van der Waals surface area contributed by atoms with Crippen molar-refractivity contribution in [3.05, 3.63) is 52.6 Å². The van der Waals surface area contributed by atoms with Crippen molar-refractivity contribution >= 4 is 33.9 Å². The van der Waals surface area contributed by atoms with E-state index in [4.69, 9.17) is 0 Å². The van der Waals surface area contributed by atoms with Crippen LogP contribution in [0.25, 0.3) is 10.9 Å². The molecule has 0 atom stereocenters. The molecule has 0 bridgehead atoms. The largest absolute Gasteiger partial charge is 0.478 e. The zero-order valence-corrected chi connectivity index (χ0v) is 12.2. The number of hydrogen-bond donors (Lipinski definition) is 1. The second-order valence-corrected chi connectivity index (χ2v) is 5.40. The molecule has 5 nitrogen and oxygen atoms in total. The van der Waals surface area contributed by atoms with E-state index in [1.54, 1.807) is 5.51 Å². The van der Waals surface area contributed by atoms with Crippen LogP contribution in [0.4, 0.5) is 5.69 Å². The first kappa shape index (κ1) is 13.5. The number of carbonyl (C=O) groups is 1. The van der Waals surface area contributed by atoms with Crippen molar-refractivity contribution < 1.29 is 9.90 Å². The van der Waals surface area contributed by atoms with Gasteiger partial charge >= 0.3 is 5.97 Å². The molecule has 1 aromatic carbocycles.